The van der Waals surface area contributed by atoms with Crippen molar-refractivity contribution in [3.63, 3.8) is 0 Å². The van der Waals surface area contributed by atoms with Gasteiger partial charge in [-0.1, -0.05) is 20.8 Å². The van der Waals surface area contributed by atoms with Crippen molar-refractivity contribution in [1.82, 2.24) is 4.68 Å². The molecule has 1 aliphatic carbocycles. The van der Waals surface area contributed by atoms with Gasteiger partial charge in [0.1, 0.15) is 0 Å². The van der Waals surface area contributed by atoms with Crippen LogP contribution >= 0.6 is 0 Å². The Morgan fingerprint density at radius 1 is 1.00 bits per heavy atom. The molecule has 1 heterocycles. The Labute approximate surface area is 112 Å². The van der Waals surface area contributed by atoms with Crippen LogP contribution in [0.25, 0.3) is 0 Å². The molecule has 18 heavy (non-hydrogen) atoms. The molecule has 1 fully saturated rings. The van der Waals surface area contributed by atoms with E-state index in [1.165, 1.54) is 37.1 Å². The fourth-order valence-electron chi connectivity index (χ4n) is 3.14. The Hall–Kier alpha value is -0.920. The van der Waals surface area contributed by atoms with Crippen molar-refractivity contribution in [2.75, 3.05) is 5.43 Å². The van der Waals surface area contributed by atoms with Crippen LogP contribution in [0.3, 0.4) is 0 Å². The second-order valence-electron chi connectivity index (χ2n) is 7.00. The summed E-state index contributed by atoms with van der Waals surface area (Å²) in [6.07, 6.45) is 5.33. The quantitative estimate of drug-likeness (QED) is 0.827. The zero-order valence-electron chi connectivity index (χ0n) is 12.6. The zero-order valence-corrected chi connectivity index (χ0v) is 12.6. The summed E-state index contributed by atoms with van der Waals surface area (Å²) < 4.78 is 2.25. The number of nitrogens with zero attached hydrogens (tertiary/aromatic N) is 1. The summed E-state index contributed by atoms with van der Waals surface area (Å²) in [5.74, 6) is 0.891. The van der Waals surface area contributed by atoms with Crippen LogP contribution in [0.15, 0.2) is 12.1 Å². The van der Waals surface area contributed by atoms with Crippen molar-refractivity contribution in [3.05, 3.63) is 23.5 Å². The first-order chi connectivity index (χ1) is 8.38. The highest BCUT2D eigenvalue weighted by molar-refractivity contribution is 5.16. The normalized spacial score (nSPS) is 25.2. The highest BCUT2D eigenvalue weighted by Crippen LogP contribution is 2.37. The summed E-state index contributed by atoms with van der Waals surface area (Å²) in [5, 5.41) is 0. The molecular formula is C16H28N2. The van der Waals surface area contributed by atoms with Crippen molar-refractivity contribution in [1.29, 1.82) is 0 Å². The van der Waals surface area contributed by atoms with E-state index in [9.17, 15) is 0 Å². The van der Waals surface area contributed by atoms with Crippen LogP contribution in [0.4, 0.5) is 0 Å². The molecule has 0 unspecified atom stereocenters. The first-order valence-electron chi connectivity index (χ1n) is 7.29. The standard InChI is InChI=1S/C16H28N2/c1-12-6-7-13(2)18(12)17-15-10-8-14(9-11-15)16(3,4)5/h6-7,14-15,17H,8-11H2,1-5H3. The minimum Gasteiger partial charge on any atom is -0.323 e. The van der Waals surface area contributed by atoms with Gasteiger partial charge < -0.3 is 5.43 Å². The summed E-state index contributed by atoms with van der Waals surface area (Å²) in [7, 11) is 0. The van der Waals surface area contributed by atoms with Gasteiger partial charge in [0.15, 0.2) is 0 Å². The van der Waals surface area contributed by atoms with Gasteiger partial charge >= 0.3 is 0 Å². The van der Waals surface area contributed by atoms with Gasteiger partial charge in [0.25, 0.3) is 0 Å². The van der Waals surface area contributed by atoms with E-state index >= 15 is 0 Å². The molecule has 2 nitrogen and oxygen atoms in total. The first-order valence-corrected chi connectivity index (χ1v) is 7.29. The molecule has 1 aromatic rings. The van der Waals surface area contributed by atoms with Gasteiger partial charge in [0.2, 0.25) is 0 Å². The number of rotatable bonds is 2. The summed E-state index contributed by atoms with van der Waals surface area (Å²) >= 11 is 0. The second-order valence-corrected chi connectivity index (χ2v) is 7.00. The van der Waals surface area contributed by atoms with E-state index < -0.39 is 0 Å². The lowest BCUT2D eigenvalue weighted by molar-refractivity contribution is 0.171. The Kier molecular flexibility index (Phi) is 3.74. The Bertz CT molecular complexity index is 370. The molecule has 0 bridgehead atoms. The van der Waals surface area contributed by atoms with E-state index in [4.69, 9.17) is 0 Å². The van der Waals surface area contributed by atoms with Crippen LogP contribution < -0.4 is 5.43 Å². The van der Waals surface area contributed by atoms with Crippen molar-refractivity contribution < 1.29 is 0 Å². The minimum atomic E-state index is 0.476. The highest BCUT2D eigenvalue weighted by atomic mass is 15.4. The first kappa shape index (κ1) is 13.5. The molecule has 1 aliphatic rings. The predicted molar refractivity (Wildman–Crippen MR) is 78.5 cm³/mol. The predicted octanol–water partition coefficient (Wildman–Crippen LogP) is 4.25. The topological polar surface area (TPSA) is 17.0 Å². The molecule has 0 aliphatic heterocycles. The lowest BCUT2D eigenvalue weighted by Crippen LogP contribution is -2.35. The maximum atomic E-state index is 3.69. The molecule has 1 aromatic heterocycles. The molecule has 0 atom stereocenters. The van der Waals surface area contributed by atoms with Crippen LogP contribution in [-0.2, 0) is 0 Å². The van der Waals surface area contributed by atoms with Crippen molar-refractivity contribution in [2.24, 2.45) is 11.3 Å². The minimum absolute atomic E-state index is 0.476. The van der Waals surface area contributed by atoms with Crippen molar-refractivity contribution >= 4 is 0 Å². The maximum absolute atomic E-state index is 3.69. The summed E-state index contributed by atoms with van der Waals surface area (Å²) in [5.41, 5.74) is 6.78. The molecule has 1 saturated carbocycles. The smallest absolute Gasteiger partial charge is 0.0424 e. The number of hydrogen-bond acceptors (Lipinski definition) is 1. The van der Waals surface area contributed by atoms with Crippen molar-refractivity contribution in [2.45, 2.75) is 66.3 Å². The van der Waals surface area contributed by atoms with Crippen molar-refractivity contribution in [3.8, 4) is 0 Å². The van der Waals surface area contributed by atoms with Crippen LogP contribution in [0.1, 0.15) is 57.8 Å². The molecule has 102 valence electrons. The largest absolute Gasteiger partial charge is 0.323 e. The summed E-state index contributed by atoms with van der Waals surface area (Å²) in [6, 6.07) is 5.01. The number of aryl methyl sites for hydroxylation is 2. The third-order valence-electron chi connectivity index (χ3n) is 4.53. The third kappa shape index (κ3) is 2.90. The monoisotopic (exact) mass is 248 g/mol. The van der Waals surface area contributed by atoms with E-state index in [1.807, 2.05) is 0 Å². The zero-order chi connectivity index (χ0) is 13.3. The van der Waals surface area contributed by atoms with Gasteiger partial charge in [-0.2, -0.15) is 0 Å². The van der Waals surface area contributed by atoms with Gasteiger partial charge in [-0.25, -0.2) is 0 Å². The fraction of sp³-hybridized carbons (Fsp3) is 0.750. The molecule has 0 aromatic carbocycles. The molecule has 0 radical (unpaired) electrons. The molecule has 0 saturated heterocycles. The lowest BCUT2D eigenvalue weighted by Gasteiger charge is -2.37. The molecular weight excluding hydrogens is 220 g/mol. The molecule has 2 rings (SSSR count). The Balaban J connectivity index is 1.91. The Morgan fingerprint density at radius 3 is 1.94 bits per heavy atom. The van der Waals surface area contributed by atoms with Gasteiger partial charge in [-0.3, -0.25) is 4.68 Å². The van der Waals surface area contributed by atoms with Crippen LogP contribution in [0.2, 0.25) is 0 Å². The van der Waals surface area contributed by atoms with E-state index in [1.54, 1.807) is 0 Å². The van der Waals surface area contributed by atoms with Crippen LogP contribution in [0.5, 0.6) is 0 Å². The van der Waals surface area contributed by atoms with Gasteiger partial charge in [-0.05, 0) is 63.0 Å². The van der Waals surface area contributed by atoms with E-state index in [2.05, 4.69) is 56.9 Å². The SMILES string of the molecule is Cc1ccc(C)n1NC1CCC(C(C)(C)C)CC1. The molecule has 1 N–H and O–H groups in total. The fourth-order valence-corrected chi connectivity index (χ4v) is 3.14. The summed E-state index contributed by atoms with van der Waals surface area (Å²) in [6.45, 7) is 11.5. The van der Waals surface area contributed by atoms with E-state index in [-0.39, 0.29) is 0 Å². The van der Waals surface area contributed by atoms with Gasteiger partial charge in [0.05, 0.1) is 0 Å². The maximum Gasteiger partial charge on any atom is 0.0424 e. The van der Waals surface area contributed by atoms with Crippen LogP contribution in [-0.4, -0.2) is 10.7 Å². The average molecular weight is 248 g/mol. The molecule has 2 heteroatoms. The third-order valence-corrected chi connectivity index (χ3v) is 4.53. The van der Waals surface area contributed by atoms with Gasteiger partial charge in [-0.15, -0.1) is 0 Å². The van der Waals surface area contributed by atoms with E-state index in [0.29, 0.717) is 11.5 Å². The van der Waals surface area contributed by atoms with Crippen LogP contribution in [0, 0.1) is 25.2 Å². The number of nitrogens with one attached hydrogen (secondary N) is 1. The highest BCUT2D eigenvalue weighted by Gasteiger charge is 2.29. The van der Waals surface area contributed by atoms with Gasteiger partial charge in [0, 0.05) is 17.4 Å². The number of hydrogen-bond donors (Lipinski definition) is 1. The number of aromatic nitrogens is 1. The van der Waals surface area contributed by atoms with E-state index in [0.717, 1.165) is 5.92 Å². The molecule has 0 spiro atoms. The molecule has 0 amide bonds. The Morgan fingerprint density at radius 2 is 1.50 bits per heavy atom. The summed E-state index contributed by atoms with van der Waals surface area (Å²) in [4.78, 5) is 0. The lowest BCUT2D eigenvalue weighted by atomic mass is 9.71. The average Bonchev–Trinajstić information content (AvgIpc) is 2.60. The second kappa shape index (κ2) is 4.99.